The van der Waals surface area contributed by atoms with E-state index in [0.29, 0.717) is 0 Å². The lowest BCUT2D eigenvalue weighted by Gasteiger charge is -2.32. The first-order valence-electron chi connectivity index (χ1n) is 7.21. The fourth-order valence-corrected chi connectivity index (χ4v) is 3.76. The van der Waals surface area contributed by atoms with Crippen LogP contribution in [0.25, 0.3) is 0 Å². The van der Waals surface area contributed by atoms with Crippen molar-refractivity contribution in [3.8, 4) is 6.07 Å². The summed E-state index contributed by atoms with van der Waals surface area (Å²) in [6, 6.07) is 11.1. The topological polar surface area (TPSA) is 41.6 Å². The third kappa shape index (κ3) is 2.51. The number of aromatic nitrogens is 2. The van der Waals surface area contributed by atoms with Gasteiger partial charge in [-0.2, -0.15) is 10.4 Å². The van der Waals surface area contributed by atoms with E-state index in [1.54, 1.807) is 0 Å². The van der Waals surface area contributed by atoms with Crippen LogP contribution in [0.2, 0.25) is 0 Å². The molecule has 108 valence electrons. The van der Waals surface area contributed by atoms with Crippen LogP contribution in [0.3, 0.4) is 0 Å². The summed E-state index contributed by atoms with van der Waals surface area (Å²) in [6.07, 6.45) is 3.47. The molecule has 0 spiro atoms. The molecule has 3 nitrogen and oxygen atoms in total. The second kappa shape index (κ2) is 5.31. The third-order valence-electron chi connectivity index (χ3n) is 4.52. The highest BCUT2D eigenvalue weighted by Crippen LogP contribution is 2.39. The van der Waals surface area contributed by atoms with Crippen molar-refractivity contribution in [2.75, 3.05) is 0 Å². The van der Waals surface area contributed by atoms with Crippen molar-refractivity contribution < 1.29 is 0 Å². The molecular formula is C17H18BrN3. The molecule has 0 aliphatic heterocycles. The minimum absolute atomic E-state index is 0.322. The number of fused-ring (bicyclic) bond motifs is 1. The summed E-state index contributed by atoms with van der Waals surface area (Å²) in [7, 11) is 1.95. The van der Waals surface area contributed by atoms with Crippen molar-refractivity contribution >= 4 is 15.9 Å². The Balaban J connectivity index is 1.95. The lowest BCUT2D eigenvalue weighted by molar-refractivity contribution is 0.331. The average Bonchev–Trinajstić information content (AvgIpc) is 2.73. The average molecular weight is 344 g/mol. The molecule has 0 amide bonds. The molecule has 0 radical (unpaired) electrons. The molecule has 1 aliphatic rings. The Labute approximate surface area is 133 Å². The number of nitriles is 1. The zero-order valence-corrected chi connectivity index (χ0v) is 13.9. The van der Waals surface area contributed by atoms with E-state index in [4.69, 9.17) is 0 Å². The maximum Gasteiger partial charge on any atom is 0.0738 e. The van der Waals surface area contributed by atoms with Gasteiger partial charge in [-0.15, -0.1) is 0 Å². The van der Waals surface area contributed by atoms with E-state index in [-0.39, 0.29) is 5.41 Å². The van der Waals surface area contributed by atoms with Crippen LogP contribution in [-0.4, -0.2) is 9.78 Å². The van der Waals surface area contributed by atoms with Crippen molar-refractivity contribution in [2.24, 2.45) is 12.5 Å². The van der Waals surface area contributed by atoms with Gasteiger partial charge in [-0.3, -0.25) is 4.68 Å². The lowest BCUT2D eigenvalue weighted by atomic mass is 9.70. The zero-order chi connectivity index (χ0) is 15.0. The van der Waals surface area contributed by atoms with Gasteiger partial charge in [0.1, 0.15) is 0 Å². The Kier molecular flexibility index (Phi) is 3.62. The number of rotatable bonds is 2. The van der Waals surface area contributed by atoms with Crippen LogP contribution in [0, 0.1) is 23.7 Å². The molecule has 3 rings (SSSR count). The molecular weight excluding hydrogens is 326 g/mol. The van der Waals surface area contributed by atoms with Crippen LogP contribution in [-0.2, 0) is 26.3 Å². The first-order chi connectivity index (χ1) is 10.0. The van der Waals surface area contributed by atoms with E-state index >= 15 is 0 Å². The van der Waals surface area contributed by atoms with Gasteiger partial charge >= 0.3 is 0 Å². The largest absolute Gasteiger partial charge is 0.271 e. The van der Waals surface area contributed by atoms with E-state index in [0.717, 1.165) is 41.5 Å². The molecule has 0 N–H and O–H groups in total. The molecule has 21 heavy (non-hydrogen) atoms. The van der Waals surface area contributed by atoms with Crippen molar-refractivity contribution in [2.45, 2.75) is 32.6 Å². The molecule has 1 aliphatic carbocycles. The monoisotopic (exact) mass is 343 g/mol. The number of hydrogen-bond donors (Lipinski definition) is 0. The number of halogens is 1. The number of nitrogens with zero attached hydrogens (tertiary/aromatic N) is 3. The molecule has 1 atom stereocenters. The molecule has 1 heterocycles. The van der Waals surface area contributed by atoms with Gasteiger partial charge in [0.25, 0.3) is 0 Å². The molecule has 0 fully saturated rings. The quantitative estimate of drug-likeness (QED) is 0.833. The summed E-state index contributed by atoms with van der Waals surface area (Å²) in [6.45, 7) is 1.99. The van der Waals surface area contributed by atoms with Crippen LogP contribution >= 0.6 is 15.9 Å². The van der Waals surface area contributed by atoms with E-state index in [1.165, 1.54) is 11.1 Å². The van der Waals surface area contributed by atoms with E-state index in [9.17, 15) is 5.26 Å². The first kappa shape index (κ1) is 14.3. The van der Waals surface area contributed by atoms with Crippen LogP contribution in [0.1, 0.15) is 28.9 Å². The van der Waals surface area contributed by atoms with Gasteiger partial charge in [0.05, 0.1) is 27.3 Å². The summed E-state index contributed by atoms with van der Waals surface area (Å²) in [5.74, 6) is 0. The molecule has 1 unspecified atom stereocenters. The van der Waals surface area contributed by atoms with Gasteiger partial charge in [0.2, 0.25) is 0 Å². The molecule has 2 aromatic rings. The van der Waals surface area contributed by atoms with Crippen molar-refractivity contribution in [3.63, 3.8) is 0 Å². The van der Waals surface area contributed by atoms with E-state index < -0.39 is 0 Å². The summed E-state index contributed by atoms with van der Waals surface area (Å²) >= 11 is 3.62. The van der Waals surface area contributed by atoms with Crippen LogP contribution in [0.5, 0.6) is 0 Å². The zero-order valence-electron chi connectivity index (χ0n) is 12.4. The van der Waals surface area contributed by atoms with Gasteiger partial charge in [-0.05, 0) is 53.2 Å². The summed E-state index contributed by atoms with van der Waals surface area (Å²) in [5.41, 5.74) is 4.49. The predicted molar refractivity (Wildman–Crippen MR) is 85.9 cm³/mol. The maximum absolute atomic E-state index is 9.82. The number of benzene rings is 1. The van der Waals surface area contributed by atoms with E-state index in [1.807, 2.05) is 18.7 Å². The lowest BCUT2D eigenvalue weighted by Crippen LogP contribution is -2.30. The van der Waals surface area contributed by atoms with Crippen LogP contribution in [0.4, 0.5) is 0 Å². The van der Waals surface area contributed by atoms with E-state index in [2.05, 4.69) is 51.4 Å². The summed E-state index contributed by atoms with van der Waals surface area (Å²) in [5, 5.41) is 14.3. The SMILES string of the molecule is Cc1nn(C)c(CC2(C#N)CCc3ccccc3C2)c1Br. The van der Waals surface area contributed by atoms with Crippen molar-refractivity contribution in [1.82, 2.24) is 9.78 Å². The molecule has 1 aromatic carbocycles. The van der Waals surface area contributed by atoms with Gasteiger partial charge in [-0.1, -0.05) is 24.3 Å². The molecule has 0 bridgehead atoms. The fourth-order valence-electron chi connectivity index (χ4n) is 3.28. The Morgan fingerprint density at radius 3 is 2.71 bits per heavy atom. The van der Waals surface area contributed by atoms with Gasteiger partial charge < -0.3 is 0 Å². The minimum atomic E-state index is -0.322. The summed E-state index contributed by atoms with van der Waals surface area (Å²) < 4.78 is 2.94. The Morgan fingerprint density at radius 2 is 2.10 bits per heavy atom. The Morgan fingerprint density at radius 1 is 1.38 bits per heavy atom. The maximum atomic E-state index is 9.82. The van der Waals surface area contributed by atoms with Crippen LogP contribution in [0.15, 0.2) is 28.7 Å². The minimum Gasteiger partial charge on any atom is -0.271 e. The molecule has 0 saturated carbocycles. The Bertz CT molecular complexity index is 726. The predicted octanol–water partition coefficient (Wildman–Crippen LogP) is 3.73. The number of aryl methyl sites for hydroxylation is 3. The van der Waals surface area contributed by atoms with Crippen LogP contribution < -0.4 is 0 Å². The van der Waals surface area contributed by atoms with Crippen molar-refractivity contribution in [3.05, 3.63) is 51.3 Å². The fraction of sp³-hybridized carbons (Fsp3) is 0.412. The summed E-state index contributed by atoms with van der Waals surface area (Å²) in [4.78, 5) is 0. The van der Waals surface area contributed by atoms with Gasteiger partial charge in [-0.25, -0.2) is 0 Å². The highest BCUT2D eigenvalue weighted by molar-refractivity contribution is 9.10. The highest BCUT2D eigenvalue weighted by atomic mass is 79.9. The normalized spacial score (nSPS) is 20.9. The van der Waals surface area contributed by atoms with Gasteiger partial charge in [0.15, 0.2) is 0 Å². The highest BCUT2D eigenvalue weighted by Gasteiger charge is 2.36. The van der Waals surface area contributed by atoms with Crippen molar-refractivity contribution in [1.29, 1.82) is 5.26 Å². The molecule has 4 heteroatoms. The molecule has 0 saturated heterocycles. The van der Waals surface area contributed by atoms with Gasteiger partial charge in [0, 0.05) is 13.5 Å². The standard InChI is InChI=1S/C17H18BrN3/c1-12-16(18)15(21(2)20-12)10-17(11-19)8-7-13-5-3-4-6-14(13)9-17/h3-6H,7-10H2,1-2H3. The Hall–Kier alpha value is -1.60. The smallest absolute Gasteiger partial charge is 0.0738 e. The second-order valence-electron chi connectivity index (χ2n) is 5.98. The third-order valence-corrected chi connectivity index (χ3v) is 5.56. The first-order valence-corrected chi connectivity index (χ1v) is 8.00. The second-order valence-corrected chi connectivity index (χ2v) is 6.78. The molecule has 1 aromatic heterocycles. The number of hydrogen-bond acceptors (Lipinski definition) is 2.